The molecule has 4 nitrogen and oxygen atoms in total. The Balaban J connectivity index is 1.67. The van der Waals surface area contributed by atoms with Crippen LogP contribution in [0.3, 0.4) is 0 Å². The summed E-state index contributed by atoms with van der Waals surface area (Å²) in [4.78, 5) is 39.7. The first-order valence-corrected chi connectivity index (χ1v) is 12.7. The lowest BCUT2D eigenvalue weighted by Gasteiger charge is -2.69. The van der Waals surface area contributed by atoms with Gasteiger partial charge in [-0.2, -0.15) is 0 Å². The van der Waals surface area contributed by atoms with Crippen LogP contribution in [-0.2, 0) is 19.1 Å². The van der Waals surface area contributed by atoms with E-state index in [0.29, 0.717) is 5.92 Å². The van der Waals surface area contributed by atoms with Gasteiger partial charge in [0.15, 0.2) is 11.6 Å². The van der Waals surface area contributed by atoms with Gasteiger partial charge >= 0.3 is 5.97 Å². The molecule has 0 N–H and O–H groups in total. The third kappa shape index (κ3) is 2.59. The van der Waals surface area contributed by atoms with Crippen LogP contribution >= 0.6 is 11.6 Å². The first kappa shape index (κ1) is 22.4. The van der Waals surface area contributed by atoms with Crippen molar-refractivity contribution in [3.63, 3.8) is 0 Å². The Bertz CT molecular complexity index is 963. The van der Waals surface area contributed by atoms with Crippen LogP contribution in [0.2, 0.25) is 0 Å². The predicted molar refractivity (Wildman–Crippen MR) is 123 cm³/mol. The smallest absolute Gasteiger partial charge is 0.311 e. The summed E-state index contributed by atoms with van der Waals surface area (Å²) in [6.07, 6.45) is 9.33. The van der Waals surface area contributed by atoms with Gasteiger partial charge in [-0.15, -0.1) is 0 Å². The molecule has 0 aromatic carbocycles. The summed E-state index contributed by atoms with van der Waals surface area (Å²) in [5.74, 6) is 0.180. The monoisotopic (exact) mass is 458 g/mol. The van der Waals surface area contributed by atoms with Crippen molar-refractivity contribution in [3.05, 3.63) is 22.8 Å². The predicted octanol–water partition coefficient (Wildman–Crippen LogP) is 5.49. The van der Waals surface area contributed by atoms with Gasteiger partial charge in [0.1, 0.15) is 0 Å². The lowest BCUT2D eigenvalue weighted by atomic mass is 9.33. The molecule has 0 amide bonds. The van der Waals surface area contributed by atoms with Crippen molar-refractivity contribution in [3.8, 4) is 0 Å². The van der Waals surface area contributed by atoms with Crippen LogP contribution in [0.15, 0.2) is 22.8 Å². The van der Waals surface area contributed by atoms with Gasteiger partial charge in [0.05, 0.1) is 17.6 Å². The molecule has 6 aliphatic carbocycles. The average Bonchev–Trinajstić information content (AvgIpc) is 2.75. The molecule has 0 heterocycles. The summed E-state index contributed by atoms with van der Waals surface area (Å²) in [6.45, 7) is 8.85. The van der Waals surface area contributed by atoms with Gasteiger partial charge in [-0.05, 0) is 68.1 Å². The van der Waals surface area contributed by atoms with Crippen molar-refractivity contribution in [2.45, 2.75) is 66.2 Å². The van der Waals surface area contributed by atoms with Gasteiger partial charge in [-0.25, -0.2) is 0 Å². The molecule has 6 unspecified atom stereocenters. The van der Waals surface area contributed by atoms with Crippen molar-refractivity contribution in [2.75, 3.05) is 7.11 Å². The molecule has 0 saturated heterocycles. The summed E-state index contributed by atoms with van der Waals surface area (Å²) in [6, 6.07) is 0. The Morgan fingerprint density at radius 2 is 1.88 bits per heavy atom. The highest BCUT2D eigenvalue weighted by Gasteiger charge is 2.71. The van der Waals surface area contributed by atoms with Gasteiger partial charge in [-0.3, -0.25) is 14.4 Å². The van der Waals surface area contributed by atoms with Crippen molar-refractivity contribution in [1.82, 2.24) is 0 Å². The number of esters is 1. The molecule has 0 aromatic heterocycles. The first-order valence-electron chi connectivity index (χ1n) is 12.3. The maximum atomic E-state index is 13.5. The number of halogens is 1. The highest BCUT2D eigenvalue weighted by molar-refractivity contribution is 6.45. The van der Waals surface area contributed by atoms with Crippen molar-refractivity contribution in [2.24, 2.45) is 51.8 Å². The highest BCUT2D eigenvalue weighted by Crippen LogP contribution is 2.74. The number of methoxy groups -OCH3 is 1. The second-order valence-corrected chi connectivity index (χ2v) is 12.3. The topological polar surface area (TPSA) is 60.4 Å². The summed E-state index contributed by atoms with van der Waals surface area (Å²) < 4.78 is 5.29. The molecule has 0 radical (unpaired) electrons. The largest absolute Gasteiger partial charge is 0.469 e. The fourth-order valence-electron chi connectivity index (χ4n) is 9.29. The number of fused-ring (bicyclic) bond motifs is 1. The Kier molecular flexibility index (Phi) is 4.92. The lowest BCUT2D eigenvalue weighted by molar-refractivity contribution is -0.199. The zero-order chi connectivity index (χ0) is 23.2. The number of ketones is 2. The number of ether oxygens (including phenoxy) is 1. The number of rotatable bonds is 2. The molecule has 32 heavy (non-hydrogen) atoms. The summed E-state index contributed by atoms with van der Waals surface area (Å²) in [5, 5.41) is 0.103. The van der Waals surface area contributed by atoms with Gasteiger partial charge in [0.2, 0.25) is 0 Å². The van der Waals surface area contributed by atoms with E-state index in [1.165, 1.54) is 18.8 Å². The average molecular weight is 459 g/mol. The molecular weight excluding hydrogens is 424 g/mol. The lowest BCUT2D eigenvalue weighted by Crippen LogP contribution is -2.67. The summed E-state index contributed by atoms with van der Waals surface area (Å²) in [5.41, 5.74) is 0.440. The minimum atomic E-state index is -0.492. The zero-order valence-electron chi connectivity index (χ0n) is 19.9. The van der Waals surface area contributed by atoms with E-state index in [1.54, 1.807) is 0 Å². The summed E-state index contributed by atoms with van der Waals surface area (Å²) in [7, 11) is 1.50. The van der Waals surface area contributed by atoms with Gasteiger partial charge in [-0.1, -0.05) is 50.4 Å². The van der Waals surface area contributed by atoms with Crippen LogP contribution in [0.4, 0.5) is 0 Å². The molecule has 8 atom stereocenters. The van der Waals surface area contributed by atoms with Gasteiger partial charge in [0.25, 0.3) is 0 Å². The van der Waals surface area contributed by atoms with Crippen LogP contribution in [0.25, 0.3) is 0 Å². The minimum Gasteiger partial charge on any atom is -0.469 e. The van der Waals surface area contributed by atoms with E-state index in [0.717, 1.165) is 38.5 Å². The molecule has 3 fully saturated rings. The summed E-state index contributed by atoms with van der Waals surface area (Å²) >= 11 is 6.33. The number of carbonyl (C=O) groups excluding carboxylic acids is 3. The molecule has 3 saturated carbocycles. The van der Waals surface area contributed by atoms with Crippen LogP contribution in [0.5, 0.6) is 0 Å². The van der Waals surface area contributed by atoms with Crippen molar-refractivity contribution < 1.29 is 19.1 Å². The third-order valence-corrected chi connectivity index (χ3v) is 10.7. The number of hydrogen-bond donors (Lipinski definition) is 0. The van der Waals surface area contributed by atoms with Gasteiger partial charge in [0, 0.05) is 23.3 Å². The molecule has 1 spiro atoms. The molecule has 0 aliphatic heterocycles. The second kappa shape index (κ2) is 7.04. The number of Topliss-reactive ketones (excluding diaryl/α,β-unsaturated/α-hetero) is 1. The normalized spacial score (nSPS) is 47.3. The van der Waals surface area contributed by atoms with Crippen molar-refractivity contribution >= 4 is 29.1 Å². The third-order valence-electron chi connectivity index (χ3n) is 10.4. The van der Waals surface area contributed by atoms with Crippen LogP contribution < -0.4 is 0 Å². The van der Waals surface area contributed by atoms with Crippen molar-refractivity contribution in [1.29, 1.82) is 0 Å². The van der Waals surface area contributed by atoms with E-state index in [2.05, 4.69) is 33.8 Å². The van der Waals surface area contributed by atoms with Crippen LogP contribution in [0, 0.1) is 51.8 Å². The molecule has 174 valence electrons. The number of carbonyl (C=O) groups is 3. The number of hydrogen-bond acceptors (Lipinski definition) is 4. The number of allylic oxidation sites excluding steroid dienone is 4. The molecule has 0 aromatic rings. The maximum absolute atomic E-state index is 13.5. The minimum absolute atomic E-state index is 0.0315. The van der Waals surface area contributed by atoms with E-state index < -0.39 is 5.41 Å². The SMILES string of the molecule is COC(=O)[C@]1(C)CCC[C@]2(C)C3CC4C(C(C)C)=CC3(CCC21)C1C(=O)C(Cl)=CC(=O)C41. The highest BCUT2D eigenvalue weighted by atomic mass is 35.5. The van der Waals surface area contributed by atoms with E-state index >= 15 is 0 Å². The molecule has 6 rings (SSSR count). The quantitative estimate of drug-likeness (QED) is 0.405. The van der Waals surface area contributed by atoms with E-state index in [4.69, 9.17) is 16.3 Å². The van der Waals surface area contributed by atoms with E-state index in [1.807, 2.05) is 0 Å². The first-order chi connectivity index (χ1) is 15.0. The standard InChI is InChI=1S/C27H35ClO4/c1-14(2)16-13-27-10-7-19-25(3,8-6-9-26(19,4)24(31)32-5)20(27)11-15(16)21-18(29)12-17(28)23(30)22(21)27/h12-15,19-22H,6-11H2,1-5H3/t15?,19?,20?,21?,22?,25-,26+,27?/m0/s1. The Labute approximate surface area is 196 Å². The fraction of sp³-hybridized carbons (Fsp3) is 0.741. The molecule has 6 aliphatic rings. The molecule has 5 heteroatoms. The second-order valence-electron chi connectivity index (χ2n) is 11.9. The maximum Gasteiger partial charge on any atom is 0.311 e. The zero-order valence-corrected chi connectivity index (χ0v) is 20.6. The van der Waals surface area contributed by atoms with Crippen LogP contribution in [0.1, 0.15) is 66.2 Å². The Morgan fingerprint density at radius 1 is 1.16 bits per heavy atom. The van der Waals surface area contributed by atoms with Crippen LogP contribution in [-0.4, -0.2) is 24.6 Å². The Morgan fingerprint density at radius 3 is 2.53 bits per heavy atom. The van der Waals surface area contributed by atoms with E-state index in [-0.39, 0.29) is 63.0 Å². The van der Waals surface area contributed by atoms with Gasteiger partial charge < -0.3 is 4.74 Å². The molecular formula is C27H35ClO4. The molecule has 2 bridgehead atoms. The fourth-order valence-corrected chi connectivity index (χ4v) is 9.52. The Hall–Kier alpha value is -1.42. The van der Waals surface area contributed by atoms with E-state index in [9.17, 15) is 14.4 Å².